The Kier molecular flexibility index (Phi) is 12.1. The number of rotatable bonds is 5. The molecular formula is C37H44ClN7O11. The zero-order valence-electron chi connectivity index (χ0n) is 30.5. The molecule has 5 atom stereocenters. The zero-order chi connectivity index (χ0) is 40.1. The number of benzene rings is 2. The highest BCUT2D eigenvalue weighted by molar-refractivity contribution is 6.25. The molecule has 0 spiro atoms. The molecule has 4 fully saturated rings. The van der Waals surface area contributed by atoms with E-state index in [9.17, 15) is 49.5 Å². The number of hydrogen-bond acceptors (Lipinski definition) is 15. The van der Waals surface area contributed by atoms with Crippen LogP contribution in [0.5, 0.6) is 5.75 Å². The topological polar surface area (TPSA) is 261 Å². The number of carboxylic acids is 1. The second kappa shape index (κ2) is 16.1. The van der Waals surface area contributed by atoms with Gasteiger partial charge >= 0.3 is 5.97 Å². The minimum atomic E-state index is -2.94. The van der Waals surface area contributed by atoms with Gasteiger partial charge in [0.15, 0.2) is 11.4 Å². The Bertz CT molecular complexity index is 1970. The summed E-state index contributed by atoms with van der Waals surface area (Å²) in [7, 11) is 2.93. The van der Waals surface area contributed by atoms with Gasteiger partial charge in [0.05, 0.1) is 69.2 Å². The Labute approximate surface area is 327 Å². The SMILES string of the molecule is C1N2CN3CN1CN(C2)C3.C=C1c2cccc(O)c2C(=O)C2=C(O)[C@]3(O)C(=O)C(C(N)=O)=C(O)[C@@H](N(C)C)[C@@H]3[C@@H](O)[C@H]12.Cl.O=C(O)CNC(=O)c1ccccc1. The van der Waals surface area contributed by atoms with Crippen molar-refractivity contribution in [2.45, 2.75) is 17.7 Å². The van der Waals surface area contributed by atoms with Crippen LogP contribution in [0.4, 0.5) is 0 Å². The molecule has 7 aliphatic rings. The number of aliphatic hydroxyl groups excluding tert-OH is 3. The lowest BCUT2D eigenvalue weighted by atomic mass is 9.56. The number of phenols is 1. The van der Waals surface area contributed by atoms with E-state index in [1.807, 2.05) is 0 Å². The Morgan fingerprint density at radius 1 is 0.911 bits per heavy atom. The van der Waals surface area contributed by atoms with Crippen LogP contribution in [0.25, 0.3) is 5.57 Å². The van der Waals surface area contributed by atoms with Gasteiger partial charge in [-0.3, -0.25) is 48.5 Å². The number of amides is 2. The van der Waals surface area contributed by atoms with Gasteiger partial charge in [-0.2, -0.15) is 0 Å². The van der Waals surface area contributed by atoms with Crippen LogP contribution in [0, 0.1) is 11.8 Å². The minimum Gasteiger partial charge on any atom is -0.510 e. The van der Waals surface area contributed by atoms with Crippen molar-refractivity contribution in [3.8, 4) is 5.75 Å². The molecule has 19 heteroatoms. The lowest BCUT2D eigenvalue weighted by Crippen LogP contribution is -2.71. The number of carbonyl (C=O) groups excluding carboxylic acids is 4. The summed E-state index contributed by atoms with van der Waals surface area (Å²) in [5, 5.41) is 65.4. The number of nitrogens with two attached hydrogens (primary N) is 1. The average molecular weight is 798 g/mol. The van der Waals surface area contributed by atoms with Gasteiger partial charge in [-0.05, 0) is 43.4 Å². The van der Waals surface area contributed by atoms with E-state index in [1.165, 1.54) is 77.2 Å². The van der Waals surface area contributed by atoms with Gasteiger partial charge in [-0.15, -0.1) is 12.4 Å². The second-order valence-electron chi connectivity index (χ2n) is 14.4. The fourth-order valence-electron chi connectivity index (χ4n) is 8.30. The van der Waals surface area contributed by atoms with Crippen molar-refractivity contribution < 1.29 is 54.6 Å². The molecule has 0 radical (unpaired) electrons. The third-order valence-corrected chi connectivity index (χ3v) is 10.4. The highest BCUT2D eigenvalue weighted by atomic mass is 35.5. The second-order valence-corrected chi connectivity index (χ2v) is 14.4. The maximum Gasteiger partial charge on any atom is 0.322 e. The first-order valence-electron chi connectivity index (χ1n) is 17.3. The van der Waals surface area contributed by atoms with Crippen LogP contribution in [0.3, 0.4) is 0 Å². The number of hydrogen-bond donors (Lipinski definition) is 8. The smallest absolute Gasteiger partial charge is 0.322 e. The first-order chi connectivity index (χ1) is 26.0. The maximum atomic E-state index is 13.3. The largest absolute Gasteiger partial charge is 0.510 e. The summed E-state index contributed by atoms with van der Waals surface area (Å²) >= 11 is 0. The Morgan fingerprint density at radius 3 is 1.93 bits per heavy atom. The number of ketones is 2. The van der Waals surface area contributed by atoms with Crippen molar-refractivity contribution in [2.24, 2.45) is 17.6 Å². The molecule has 2 aromatic rings. The number of carbonyl (C=O) groups is 5. The first kappa shape index (κ1) is 42.0. The van der Waals surface area contributed by atoms with E-state index in [2.05, 4.69) is 31.5 Å². The predicted molar refractivity (Wildman–Crippen MR) is 201 cm³/mol. The maximum absolute atomic E-state index is 13.3. The molecule has 4 saturated heterocycles. The number of Topliss-reactive ketones (excluding diaryl/α,β-unsaturated/α-hetero) is 2. The summed E-state index contributed by atoms with van der Waals surface area (Å²) in [6.07, 6.45) is -1.69. The quantitative estimate of drug-likeness (QED) is 0.177. The monoisotopic (exact) mass is 797 g/mol. The minimum absolute atomic E-state index is 0. The van der Waals surface area contributed by atoms with Gasteiger partial charge in [0.1, 0.15) is 29.4 Å². The molecule has 300 valence electrons. The number of carboxylic acid groups (broad SMARTS) is 1. The molecule has 56 heavy (non-hydrogen) atoms. The number of halogens is 1. The molecule has 2 aromatic carbocycles. The molecule has 9 rings (SSSR count). The van der Waals surface area contributed by atoms with Crippen LogP contribution in [-0.4, -0.2) is 163 Å². The summed E-state index contributed by atoms with van der Waals surface area (Å²) in [5.74, 6) is -10.2. The van der Waals surface area contributed by atoms with Crippen LogP contribution >= 0.6 is 12.4 Å². The van der Waals surface area contributed by atoms with Gasteiger partial charge in [0.25, 0.3) is 11.8 Å². The molecule has 4 aliphatic heterocycles. The van der Waals surface area contributed by atoms with Crippen LogP contribution in [0.1, 0.15) is 26.3 Å². The van der Waals surface area contributed by atoms with Crippen molar-refractivity contribution in [3.63, 3.8) is 0 Å². The van der Waals surface area contributed by atoms with Gasteiger partial charge in [0, 0.05) is 11.5 Å². The molecule has 0 saturated carbocycles. The Hall–Kier alpha value is -5.18. The molecule has 9 N–H and O–H groups in total. The average Bonchev–Trinajstić information content (AvgIpc) is 3.12. The molecular weight excluding hydrogens is 754 g/mol. The standard InChI is InChI=1S/C22H22N2O8.C9H9NO3.C6H12N4.ClH/c1-7-8-5-4-6-9(25)11(8)16(26)12-10(7)17(27)14-15(24(2)3)18(28)13(21(23)31)20(30)22(14,32)19(12)29;11-8(12)6-10-9(13)7-4-2-1-3-5-7;1-7-2-9-4-8(1)5-10(3-7)6-9;/h4-6,10,14-15,17,25,27-29,32H,1H2,2-3H3,(H2,23,31);1-5H,6H2,(H,10,13)(H,11,12);1-6H2;1H/t10-,14-,15+,17+,22+;;;/m1.../s1. The number of primary amides is 1. The van der Waals surface area contributed by atoms with Gasteiger partial charge in [0.2, 0.25) is 5.78 Å². The highest BCUT2D eigenvalue weighted by Crippen LogP contribution is 2.54. The number of nitrogens with zero attached hydrogens (tertiary/aromatic N) is 5. The van der Waals surface area contributed by atoms with Crippen LogP contribution < -0.4 is 11.1 Å². The Balaban J connectivity index is 0.000000202. The van der Waals surface area contributed by atoms with Gasteiger partial charge in [-0.25, -0.2) is 0 Å². The Morgan fingerprint density at radius 2 is 1.45 bits per heavy atom. The summed E-state index contributed by atoms with van der Waals surface area (Å²) in [6, 6.07) is 11.4. The molecule has 18 nitrogen and oxygen atoms in total. The summed E-state index contributed by atoms with van der Waals surface area (Å²) in [6.45, 7) is 10.7. The molecule has 3 aliphatic carbocycles. The number of aliphatic hydroxyl groups is 4. The van der Waals surface area contributed by atoms with Crippen molar-refractivity contribution in [2.75, 3.05) is 60.7 Å². The number of likely N-dealkylation sites (N-methyl/N-ethyl adjacent to an activating group) is 1. The highest BCUT2D eigenvalue weighted by Gasteiger charge is 2.67. The predicted octanol–water partition coefficient (Wildman–Crippen LogP) is -0.535. The summed E-state index contributed by atoms with van der Waals surface area (Å²) < 4.78 is 0. The van der Waals surface area contributed by atoms with E-state index in [-0.39, 0.29) is 41.6 Å². The van der Waals surface area contributed by atoms with Crippen molar-refractivity contribution in [1.82, 2.24) is 29.8 Å². The van der Waals surface area contributed by atoms with Gasteiger partial charge < -0.3 is 41.7 Å². The van der Waals surface area contributed by atoms with Crippen molar-refractivity contribution in [1.29, 1.82) is 0 Å². The number of aromatic hydroxyl groups is 1. The lowest BCUT2D eigenvalue weighted by molar-refractivity contribution is -0.194. The third kappa shape index (κ3) is 7.28. The van der Waals surface area contributed by atoms with Crippen LogP contribution in [-0.2, 0) is 14.4 Å². The molecule has 4 bridgehead atoms. The third-order valence-electron chi connectivity index (χ3n) is 10.4. The number of nitrogens with one attached hydrogen (secondary N) is 1. The van der Waals surface area contributed by atoms with Gasteiger partial charge in [-0.1, -0.05) is 36.9 Å². The lowest BCUT2D eigenvalue weighted by Gasteiger charge is -2.56. The summed E-state index contributed by atoms with van der Waals surface area (Å²) in [4.78, 5) is 70.9. The molecule has 2 amide bonds. The van der Waals surface area contributed by atoms with Crippen LogP contribution in [0.15, 0.2) is 77.8 Å². The molecule has 0 unspecified atom stereocenters. The van der Waals surface area contributed by atoms with E-state index >= 15 is 0 Å². The number of aliphatic carboxylic acids is 1. The van der Waals surface area contributed by atoms with E-state index in [0.29, 0.717) is 5.56 Å². The fourth-order valence-corrected chi connectivity index (χ4v) is 8.30. The zero-order valence-corrected chi connectivity index (χ0v) is 31.3. The normalized spacial score (nSPS) is 30.8. The van der Waals surface area contributed by atoms with E-state index in [4.69, 9.17) is 10.8 Å². The summed E-state index contributed by atoms with van der Waals surface area (Å²) in [5.41, 5.74) is 1.52. The van der Waals surface area contributed by atoms with Crippen LogP contribution in [0.2, 0.25) is 0 Å². The fraction of sp³-hybridized carbons (Fsp3) is 0.378. The van der Waals surface area contributed by atoms with E-state index in [1.54, 1.807) is 30.3 Å². The number of fused-ring (bicyclic) bond motifs is 3. The first-order valence-corrected chi connectivity index (χ1v) is 17.3. The van der Waals surface area contributed by atoms with E-state index < -0.39 is 81.4 Å². The number of phenolic OH excluding ortho intramolecular Hbond substituents is 1. The molecule has 4 heterocycles. The van der Waals surface area contributed by atoms with Crippen molar-refractivity contribution >= 4 is 47.3 Å². The molecule has 0 aromatic heterocycles. The van der Waals surface area contributed by atoms with E-state index in [0.717, 1.165) is 0 Å². The van der Waals surface area contributed by atoms with Crippen molar-refractivity contribution in [3.05, 3.63) is 94.5 Å².